The third kappa shape index (κ3) is 4.01. The lowest BCUT2D eigenvalue weighted by Crippen LogP contribution is -2.35. The number of benzene rings is 1. The van der Waals surface area contributed by atoms with E-state index in [9.17, 15) is 5.21 Å². The topological polar surface area (TPSA) is 106 Å². The van der Waals surface area contributed by atoms with Gasteiger partial charge in [0.05, 0.1) is 46.3 Å². The minimum absolute atomic E-state index is 0.0609. The van der Waals surface area contributed by atoms with Crippen molar-refractivity contribution in [2.24, 2.45) is 13.0 Å². The number of aryl methyl sites for hydroxylation is 1. The predicted octanol–water partition coefficient (Wildman–Crippen LogP) is 3.74. The van der Waals surface area contributed by atoms with Crippen LogP contribution < -0.4 is 4.73 Å². The summed E-state index contributed by atoms with van der Waals surface area (Å²) in [6.45, 7) is 0. The van der Waals surface area contributed by atoms with Crippen LogP contribution in [0.5, 0.6) is 0 Å². The van der Waals surface area contributed by atoms with Crippen LogP contribution in [0, 0.1) is 16.9 Å². The molecule has 0 amide bonds. The van der Waals surface area contributed by atoms with Gasteiger partial charge >= 0.3 is 0 Å². The summed E-state index contributed by atoms with van der Waals surface area (Å²) in [5, 5.41) is 29.0. The van der Waals surface area contributed by atoms with Crippen LogP contribution in [0.4, 0.5) is 4.39 Å². The van der Waals surface area contributed by atoms with Gasteiger partial charge in [-0.25, -0.2) is 9.37 Å². The first kappa shape index (κ1) is 22.4. The lowest BCUT2D eigenvalue weighted by Gasteiger charge is -2.18. The molecular weight excluding hydrogens is 485 g/mol. The van der Waals surface area contributed by atoms with E-state index < -0.39 is 5.82 Å². The third-order valence-corrected chi connectivity index (χ3v) is 6.82. The summed E-state index contributed by atoms with van der Waals surface area (Å²) in [4.78, 5) is 4.18. The maximum absolute atomic E-state index is 15.2. The largest absolute Gasteiger partial charge is 0.618 e. The van der Waals surface area contributed by atoms with Crippen molar-refractivity contribution in [3.8, 4) is 28.1 Å². The number of rotatable bonds is 7. The lowest BCUT2D eigenvalue weighted by molar-refractivity contribution is -0.615. The molecule has 1 saturated carbocycles. The van der Waals surface area contributed by atoms with E-state index in [-0.39, 0.29) is 16.6 Å². The summed E-state index contributed by atoms with van der Waals surface area (Å²) in [5.41, 5.74) is 3.25. The molecule has 36 heavy (non-hydrogen) atoms. The molecule has 0 saturated heterocycles. The number of tetrazole rings is 1. The quantitative estimate of drug-likeness (QED) is 0.246. The van der Waals surface area contributed by atoms with E-state index in [2.05, 4.69) is 25.6 Å². The monoisotopic (exact) mass is 505 g/mol. The van der Waals surface area contributed by atoms with Crippen molar-refractivity contribution in [3.63, 3.8) is 0 Å². The lowest BCUT2D eigenvalue weighted by atomic mass is 10.0. The molecule has 12 heteroatoms. The number of imidazole rings is 1. The van der Waals surface area contributed by atoms with Crippen molar-refractivity contribution >= 4 is 11.6 Å². The average molecular weight is 506 g/mol. The van der Waals surface area contributed by atoms with Crippen LogP contribution in [0.1, 0.15) is 31.0 Å². The molecule has 0 spiro atoms. The van der Waals surface area contributed by atoms with E-state index in [0.717, 1.165) is 35.3 Å². The van der Waals surface area contributed by atoms with Crippen molar-refractivity contribution in [2.75, 3.05) is 0 Å². The number of hydrogen-bond acceptors (Lipinski definition) is 6. The highest BCUT2D eigenvalue weighted by Crippen LogP contribution is 2.39. The Kier molecular flexibility index (Phi) is 5.48. The molecule has 0 unspecified atom stereocenters. The van der Waals surface area contributed by atoms with Crippen LogP contribution >= 0.6 is 11.6 Å². The van der Waals surface area contributed by atoms with Crippen LogP contribution in [0.25, 0.3) is 28.1 Å². The number of aromatic nitrogens is 9. The normalized spacial score (nSPS) is 14.3. The molecule has 0 N–H and O–H groups in total. The molecule has 0 radical (unpaired) electrons. The first-order chi connectivity index (χ1) is 17.5. The second-order valence-corrected chi connectivity index (χ2v) is 9.38. The SMILES string of the molecule is Cn1cncc1-c1cnn([C@H](CC2CC2)c2ccc(-c3c(-n4cnnn4)ccc(Cl)c3F)c[n+]2[O-])c1. The van der Waals surface area contributed by atoms with Crippen LogP contribution in [0.2, 0.25) is 5.02 Å². The zero-order valence-corrected chi connectivity index (χ0v) is 20.0. The maximum Gasteiger partial charge on any atom is 0.217 e. The Bertz CT molecular complexity index is 1540. The second-order valence-electron chi connectivity index (χ2n) is 8.97. The van der Waals surface area contributed by atoms with Gasteiger partial charge < -0.3 is 9.77 Å². The van der Waals surface area contributed by atoms with E-state index in [4.69, 9.17) is 11.6 Å². The number of halogens is 2. The molecule has 182 valence electrons. The standard InChI is InChI=1S/C24H21ClFN9O/c1-32-13-27-10-22(32)17-9-29-33(11-17)21(8-15-2-3-15)19-6-4-16(12-35(19)36)23-20(34-14-28-30-31-34)7-5-18(25)24(23)26/h4-7,9-15,21H,2-3,8H2,1H3/t21-/m1/s1. The summed E-state index contributed by atoms with van der Waals surface area (Å²) >= 11 is 6.08. The Balaban J connectivity index is 1.41. The number of hydrogen-bond donors (Lipinski definition) is 0. The fraction of sp³-hybridized carbons (Fsp3) is 0.250. The second kappa shape index (κ2) is 8.83. The number of nitrogens with zero attached hydrogens (tertiary/aromatic N) is 9. The molecule has 1 aromatic carbocycles. The third-order valence-electron chi connectivity index (χ3n) is 6.53. The minimum Gasteiger partial charge on any atom is -0.618 e. The maximum atomic E-state index is 15.2. The molecule has 6 rings (SSSR count). The minimum atomic E-state index is -0.653. The number of pyridine rings is 1. The van der Waals surface area contributed by atoms with E-state index in [1.807, 2.05) is 22.5 Å². The van der Waals surface area contributed by atoms with Crippen molar-refractivity contribution in [2.45, 2.75) is 25.3 Å². The molecule has 1 atom stereocenters. The molecule has 4 heterocycles. The van der Waals surface area contributed by atoms with Crippen LogP contribution in [-0.4, -0.2) is 39.5 Å². The Morgan fingerprint density at radius 2 is 2.03 bits per heavy atom. The summed E-state index contributed by atoms with van der Waals surface area (Å²) in [7, 11) is 1.92. The Hall–Kier alpha value is -4.12. The van der Waals surface area contributed by atoms with Gasteiger partial charge in [0.2, 0.25) is 5.69 Å². The average Bonchev–Trinajstić information content (AvgIpc) is 3.24. The van der Waals surface area contributed by atoms with Gasteiger partial charge in [0, 0.05) is 24.9 Å². The van der Waals surface area contributed by atoms with Gasteiger partial charge in [0.1, 0.15) is 12.4 Å². The summed E-state index contributed by atoms with van der Waals surface area (Å²) in [6, 6.07) is 6.22. The molecule has 5 aromatic rings. The van der Waals surface area contributed by atoms with Gasteiger partial charge in [0.25, 0.3) is 0 Å². The van der Waals surface area contributed by atoms with E-state index >= 15 is 4.39 Å². The van der Waals surface area contributed by atoms with Gasteiger partial charge in [-0.05, 0) is 41.0 Å². The molecule has 0 bridgehead atoms. The van der Waals surface area contributed by atoms with Gasteiger partial charge in [0.15, 0.2) is 12.0 Å². The fourth-order valence-corrected chi connectivity index (χ4v) is 4.64. The highest BCUT2D eigenvalue weighted by Gasteiger charge is 2.32. The zero-order chi connectivity index (χ0) is 24.8. The van der Waals surface area contributed by atoms with Gasteiger partial charge in [-0.15, -0.1) is 5.10 Å². The van der Waals surface area contributed by atoms with Crippen LogP contribution in [0.3, 0.4) is 0 Å². The molecule has 4 aromatic heterocycles. The van der Waals surface area contributed by atoms with Crippen LogP contribution in [-0.2, 0) is 7.05 Å². The summed E-state index contributed by atoms with van der Waals surface area (Å²) < 4.78 is 21.1. The zero-order valence-electron chi connectivity index (χ0n) is 19.2. The fourth-order valence-electron chi connectivity index (χ4n) is 4.49. The van der Waals surface area contributed by atoms with E-state index in [1.54, 1.807) is 36.9 Å². The predicted molar refractivity (Wildman–Crippen MR) is 128 cm³/mol. The Morgan fingerprint density at radius 3 is 2.72 bits per heavy atom. The van der Waals surface area contributed by atoms with Crippen molar-refractivity contribution in [3.05, 3.63) is 83.4 Å². The van der Waals surface area contributed by atoms with E-state index in [1.165, 1.54) is 23.3 Å². The molecule has 1 aliphatic carbocycles. The van der Waals surface area contributed by atoms with Crippen molar-refractivity contribution < 1.29 is 9.12 Å². The van der Waals surface area contributed by atoms with Crippen molar-refractivity contribution in [1.82, 2.24) is 39.5 Å². The van der Waals surface area contributed by atoms with Gasteiger partial charge in [-0.2, -0.15) is 14.5 Å². The molecule has 1 aliphatic rings. The summed E-state index contributed by atoms with van der Waals surface area (Å²) in [5.74, 6) is -0.115. The highest BCUT2D eigenvalue weighted by molar-refractivity contribution is 6.31. The van der Waals surface area contributed by atoms with Gasteiger partial charge in [-0.1, -0.05) is 24.4 Å². The van der Waals surface area contributed by atoms with Gasteiger partial charge in [-0.3, -0.25) is 4.68 Å². The highest BCUT2D eigenvalue weighted by atomic mass is 35.5. The molecule has 1 fully saturated rings. The van der Waals surface area contributed by atoms with E-state index in [0.29, 0.717) is 22.9 Å². The summed E-state index contributed by atoms with van der Waals surface area (Å²) in [6.07, 6.45) is 13.0. The van der Waals surface area contributed by atoms with Crippen molar-refractivity contribution in [1.29, 1.82) is 0 Å². The smallest absolute Gasteiger partial charge is 0.217 e. The molecular formula is C24H21ClFN9O. The first-order valence-electron chi connectivity index (χ1n) is 11.5. The first-order valence-corrected chi connectivity index (χ1v) is 11.8. The Labute approximate surface area is 210 Å². The molecule has 0 aliphatic heterocycles. The molecule has 10 nitrogen and oxygen atoms in total. The Morgan fingerprint density at radius 1 is 1.17 bits per heavy atom. The van der Waals surface area contributed by atoms with Crippen LogP contribution in [0.15, 0.2) is 61.7 Å².